The van der Waals surface area contributed by atoms with Gasteiger partial charge in [0, 0.05) is 6.42 Å². The lowest BCUT2D eigenvalue weighted by Gasteiger charge is -2.03. The van der Waals surface area contributed by atoms with Crippen LogP contribution in [0.2, 0.25) is 0 Å². The standard InChI is InChI=1S/C12H11NO4S/c14-5-6-17-9-3-1-8(2-4-9)7-10-11(15)13-12(16)18-10/h1-5,15H,6-7H2,(H,13,16). The predicted molar refractivity (Wildman–Crippen MR) is 67.4 cm³/mol. The average molecular weight is 265 g/mol. The van der Waals surface area contributed by atoms with Crippen LogP contribution in [-0.2, 0) is 11.2 Å². The van der Waals surface area contributed by atoms with Crippen molar-refractivity contribution in [1.82, 2.24) is 4.98 Å². The first-order valence-corrected chi connectivity index (χ1v) is 6.07. The molecule has 2 N–H and O–H groups in total. The summed E-state index contributed by atoms with van der Waals surface area (Å²) in [5.41, 5.74) is 0.944. The molecule has 0 bridgehead atoms. The van der Waals surface area contributed by atoms with E-state index in [0.29, 0.717) is 23.3 Å². The maximum absolute atomic E-state index is 11.0. The largest absolute Gasteiger partial charge is 0.494 e. The van der Waals surface area contributed by atoms with E-state index in [-0.39, 0.29) is 17.4 Å². The Morgan fingerprint density at radius 3 is 2.61 bits per heavy atom. The molecule has 0 atom stereocenters. The molecule has 6 heteroatoms. The van der Waals surface area contributed by atoms with Gasteiger partial charge in [-0.15, -0.1) is 0 Å². The summed E-state index contributed by atoms with van der Waals surface area (Å²) in [7, 11) is 0. The number of carbonyl (C=O) groups excluding carboxylic acids is 1. The van der Waals surface area contributed by atoms with Crippen LogP contribution in [0.1, 0.15) is 10.4 Å². The number of aldehydes is 1. The highest BCUT2D eigenvalue weighted by Crippen LogP contribution is 2.21. The third-order valence-corrected chi connectivity index (χ3v) is 3.18. The number of thiazole rings is 1. The van der Waals surface area contributed by atoms with Crippen LogP contribution in [0.4, 0.5) is 0 Å². The Labute approximate surface area is 107 Å². The highest BCUT2D eigenvalue weighted by Gasteiger charge is 2.07. The second kappa shape index (κ2) is 5.50. The van der Waals surface area contributed by atoms with Crippen LogP contribution in [0, 0.1) is 0 Å². The molecule has 94 valence electrons. The van der Waals surface area contributed by atoms with Gasteiger partial charge < -0.3 is 9.84 Å². The maximum atomic E-state index is 11.0. The first-order chi connectivity index (χ1) is 8.69. The second-order valence-corrected chi connectivity index (χ2v) is 4.65. The molecule has 0 aliphatic rings. The monoisotopic (exact) mass is 265 g/mol. The van der Waals surface area contributed by atoms with Gasteiger partial charge in [0.25, 0.3) is 0 Å². The first kappa shape index (κ1) is 12.4. The zero-order chi connectivity index (χ0) is 13.0. The van der Waals surface area contributed by atoms with Crippen molar-refractivity contribution in [3.05, 3.63) is 44.4 Å². The number of carbonyl (C=O) groups is 1. The Bertz CT molecular complexity index is 585. The molecule has 1 aromatic carbocycles. The molecule has 0 fully saturated rings. The van der Waals surface area contributed by atoms with Crippen molar-refractivity contribution in [3.8, 4) is 11.6 Å². The number of benzene rings is 1. The molecule has 0 unspecified atom stereocenters. The Morgan fingerprint density at radius 1 is 1.33 bits per heavy atom. The summed E-state index contributed by atoms with van der Waals surface area (Å²) in [6.45, 7) is 0.0273. The van der Waals surface area contributed by atoms with Crippen molar-refractivity contribution >= 4 is 17.6 Å². The number of nitrogens with one attached hydrogen (secondary N) is 1. The van der Waals surface area contributed by atoms with E-state index in [1.807, 2.05) is 12.1 Å². The summed E-state index contributed by atoms with van der Waals surface area (Å²) in [6, 6.07) is 7.13. The molecule has 0 aliphatic heterocycles. The first-order valence-electron chi connectivity index (χ1n) is 5.25. The third kappa shape index (κ3) is 2.98. The SMILES string of the molecule is O=CCOc1ccc(Cc2sc(=O)[nH]c2O)cc1. The van der Waals surface area contributed by atoms with Crippen LogP contribution in [0.25, 0.3) is 0 Å². The van der Waals surface area contributed by atoms with Gasteiger partial charge in [-0.05, 0) is 17.7 Å². The van der Waals surface area contributed by atoms with Crippen LogP contribution in [0.15, 0.2) is 29.1 Å². The van der Waals surface area contributed by atoms with Gasteiger partial charge in [0.15, 0.2) is 6.29 Å². The molecule has 0 aliphatic carbocycles. The molecular weight excluding hydrogens is 254 g/mol. The Hall–Kier alpha value is -2.08. The van der Waals surface area contributed by atoms with Gasteiger partial charge in [0.2, 0.25) is 5.88 Å². The molecule has 5 nitrogen and oxygen atoms in total. The molecule has 0 amide bonds. The lowest BCUT2D eigenvalue weighted by atomic mass is 10.1. The van der Waals surface area contributed by atoms with E-state index in [4.69, 9.17) is 4.74 Å². The van der Waals surface area contributed by atoms with E-state index < -0.39 is 0 Å². The summed E-state index contributed by atoms with van der Waals surface area (Å²) < 4.78 is 5.12. The number of hydrogen-bond acceptors (Lipinski definition) is 5. The van der Waals surface area contributed by atoms with E-state index >= 15 is 0 Å². The van der Waals surface area contributed by atoms with E-state index in [9.17, 15) is 14.7 Å². The fourth-order valence-corrected chi connectivity index (χ4v) is 2.25. The maximum Gasteiger partial charge on any atom is 0.307 e. The van der Waals surface area contributed by atoms with Gasteiger partial charge in [0.05, 0.1) is 4.88 Å². The van der Waals surface area contributed by atoms with Gasteiger partial charge in [-0.1, -0.05) is 23.5 Å². The zero-order valence-corrected chi connectivity index (χ0v) is 10.2. The number of aromatic hydroxyl groups is 1. The Kier molecular flexibility index (Phi) is 3.78. The van der Waals surface area contributed by atoms with Gasteiger partial charge in [-0.3, -0.25) is 14.6 Å². The second-order valence-electron chi connectivity index (χ2n) is 3.58. The molecule has 18 heavy (non-hydrogen) atoms. The minimum Gasteiger partial charge on any atom is -0.494 e. The van der Waals surface area contributed by atoms with E-state index in [1.165, 1.54) is 0 Å². The summed E-state index contributed by atoms with van der Waals surface area (Å²) in [4.78, 5) is 23.8. The van der Waals surface area contributed by atoms with E-state index in [1.54, 1.807) is 12.1 Å². The number of aromatic amines is 1. The number of H-pyrrole nitrogens is 1. The molecule has 1 heterocycles. The highest BCUT2D eigenvalue weighted by atomic mass is 32.1. The molecule has 2 rings (SSSR count). The summed E-state index contributed by atoms with van der Waals surface area (Å²) in [6.07, 6.45) is 1.16. The molecular formula is C12H11NO4S. The molecule has 0 saturated heterocycles. The Balaban J connectivity index is 2.08. The minimum absolute atomic E-state index is 0.0273. The fourth-order valence-electron chi connectivity index (χ4n) is 1.49. The zero-order valence-electron chi connectivity index (χ0n) is 9.38. The van der Waals surface area contributed by atoms with Gasteiger partial charge in [-0.25, -0.2) is 0 Å². The van der Waals surface area contributed by atoms with Crippen molar-refractivity contribution in [2.45, 2.75) is 6.42 Å². The van der Waals surface area contributed by atoms with E-state index in [0.717, 1.165) is 16.9 Å². The lowest BCUT2D eigenvalue weighted by molar-refractivity contribution is -0.109. The number of ether oxygens (including phenoxy) is 1. The third-order valence-electron chi connectivity index (χ3n) is 2.31. The Morgan fingerprint density at radius 2 is 2.06 bits per heavy atom. The molecule has 0 spiro atoms. The summed E-state index contributed by atoms with van der Waals surface area (Å²) in [5, 5.41) is 9.45. The van der Waals surface area contributed by atoms with Gasteiger partial charge >= 0.3 is 4.87 Å². The smallest absolute Gasteiger partial charge is 0.307 e. The summed E-state index contributed by atoms with van der Waals surface area (Å²) >= 11 is 0.989. The van der Waals surface area contributed by atoms with Crippen molar-refractivity contribution in [1.29, 1.82) is 0 Å². The molecule has 0 saturated carbocycles. The normalized spacial score (nSPS) is 10.2. The average Bonchev–Trinajstić information content (AvgIpc) is 2.67. The topological polar surface area (TPSA) is 79.4 Å². The van der Waals surface area contributed by atoms with E-state index in [2.05, 4.69) is 4.98 Å². The fraction of sp³-hybridized carbons (Fsp3) is 0.167. The van der Waals surface area contributed by atoms with Crippen molar-refractivity contribution in [2.24, 2.45) is 0 Å². The number of rotatable bonds is 5. The van der Waals surface area contributed by atoms with Crippen molar-refractivity contribution in [3.63, 3.8) is 0 Å². The van der Waals surface area contributed by atoms with Crippen LogP contribution in [0.3, 0.4) is 0 Å². The van der Waals surface area contributed by atoms with Crippen LogP contribution in [0.5, 0.6) is 11.6 Å². The minimum atomic E-state index is -0.270. The summed E-state index contributed by atoms with van der Waals surface area (Å²) in [5.74, 6) is 0.531. The van der Waals surface area contributed by atoms with Crippen molar-refractivity contribution in [2.75, 3.05) is 6.61 Å². The van der Waals surface area contributed by atoms with Crippen molar-refractivity contribution < 1.29 is 14.6 Å². The van der Waals surface area contributed by atoms with Gasteiger partial charge in [-0.2, -0.15) is 0 Å². The number of aromatic nitrogens is 1. The molecule has 1 aromatic heterocycles. The molecule has 2 aromatic rings. The predicted octanol–water partition coefficient (Wildman–Crippen LogP) is 1.31. The van der Waals surface area contributed by atoms with Crippen LogP contribution in [-0.4, -0.2) is 23.0 Å². The van der Waals surface area contributed by atoms with Crippen LogP contribution < -0.4 is 9.61 Å². The van der Waals surface area contributed by atoms with Crippen LogP contribution >= 0.6 is 11.3 Å². The molecule has 0 radical (unpaired) electrons. The lowest BCUT2D eigenvalue weighted by Crippen LogP contribution is -1.97. The number of hydrogen-bond donors (Lipinski definition) is 2. The quantitative estimate of drug-likeness (QED) is 0.799. The van der Waals surface area contributed by atoms with Gasteiger partial charge in [0.1, 0.15) is 12.4 Å². The highest BCUT2D eigenvalue weighted by molar-refractivity contribution is 7.09.